The van der Waals surface area contributed by atoms with Crippen molar-refractivity contribution in [2.24, 2.45) is 0 Å². The van der Waals surface area contributed by atoms with Crippen LogP contribution in [0.3, 0.4) is 0 Å². The van der Waals surface area contributed by atoms with Crippen molar-refractivity contribution in [3.05, 3.63) is 24.3 Å². The second-order valence-electron chi connectivity index (χ2n) is 4.49. The van der Waals surface area contributed by atoms with E-state index in [1.165, 1.54) is 50.1 Å². The van der Waals surface area contributed by atoms with Crippen molar-refractivity contribution in [2.75, 3.05) is 29.9 Å². The lowest BCUT2D eigenvalue weighted by molar-refractivity contribution is 0.578. The molecule has 0 aromatic heterocycles. The van der Waals surface area contributed by atoms with Crippen LogP contribution >= 0.6 is 0 Å². The molecular weight excluding hydrogens is 196 g/mol. The number of para-hydroxylation sites is 2. The molecule has 0 bridgehead atoms. The maximum Gasteiger partial charge on any atom is 0.0602 e. The third-order valence-electron chi connectivity index (χ3n) is 3.17. The summed E-state index contributed by atoms with van der Waals surface area (Å²) in [4.78, 5) is 2.52. The zero-order valence-electron chi connectivity index (χ0n) is 10.2. The zero-order valence-corrected chi connectivity index (χ0v) is 10.2. The average molecular weight is 218 g/mol. The number of nitrogens with one attached hydrogen (secondary N) is 1. The first-order valence-corrected chi connectivity index (χ1v) is 6.49. The van der Waals surface area contributed by atoms with Gasteiger partial charge in [0.2, 0.25) is 0 Å². The predicted molar refractivity (Wildman–Crippen MR) is 71.3 cm³/mol. The van der Waals surface area contributed by atoms with Crippen molar-refractivity contribution in [3.8, 4) is 0 Å². The van der Waals surface area contributed by atoms with E-state index in [4.69, 9.17) is 0 Å². The molecule has 1 aliphatic rings. The fourth-order valence-corrected chi connectivity index (χ4v) is 2.29. The van der Waals surface area contributed by atoms with E-state index in [9.17, 15) is 0 Å². The van der Waals surface area contributed by atoms with Crippen molar-refractivity contribution in [1.29, 1.82) is 0 Å². The van der Waals surface area contributed by atoms with E-state index < -0.39 is 0 Å². The van der Waals surface area contributed by atoms with Crippen LogP contribution in [-0.4, -0.2) is 19.6 Å². The van der Waals surface area contributed by atoms with Crippen LogP contribution in [0.15, 0.2) is 24.3 Å². The molecule has 2 heteroatoms. The maximum atomic E-state index is 3.52. The van der Waals surface area contributed by atoms with Gasteiger partial charge in [-0.2, -0.15) is 0 Å². The van der Waals surface area contributed by atoms with Gasteiger partial charge in [-0.25, -0.2) is 0 Å². The van der Waals surface area contributed by atoms with Gasteiger partial charge in [-0.15, -0.1) is 0 Å². The van der Waals surface area contributed by atoms with Gasteiger partial charge in [0.25, 0.3) is 0 Å². The Kier molecular flexibility index (Phi) is 4.09. The summed E-state index contributed by atoms with van der Waals surface area (Å²) in [6.45, 7) is 5.69. The molecule has 2 rings (SSSR count). The number of piperidine rings is 1. The van der Waals surface area contributed by atoms with Gasteiger partial charge in [0.1, 0.15) is 0 Å². The minimum atomic E-state index is 1.06. The summed E-state index contributed by atoms with van der Waals surface area (Å²) in [6, 6.07) is 8.69. The molecule has 16 heavy (non-hydrogen) atoms. The number of rotatable bonds is 4. The number of anilines is 2. The first-order chi connectivity index (χ1) is 7.92. The smallest absolute Gasteiger partial charge is 0.0602 e. The van der Waals surface area contributed by atoms with Crippen LogP contribution in [0.5, 0.6) is 0 Å². The summed E-state index contributed by atoms with van der Waals surface area (Å²) < 4.78 is 0. The molecular formula is C14H22N2. The van der Waals surface area contributed by atoms with Gasteiger partial charge in [-0.3, -0.25) is 0 Å². The molecule has 1 N–H and O–H groups in total. The summed E-state index contributed by atoms with van der Waals surface area (Å²) >= 11 is 0. The Bertz CT molecular complexity index is 316. The van der Waals surface area contributed by atoms with Gasteiger partial charge < -0.3 is 10.2 Å². The second kappa shape index (κ2) is 5.78. The highest BCUT2D eigenvalue weighted by Crippen LogP contribution is 2.27. The van der Waals surface area contributed by atoms with Gasteiger partial charge in [-0.1, -0.05) is 19.1 Å². The summed E-state index contributed by atoms with van der Waals surface area (Å²) in [6.07, 6.45) is 5.24. The van der Waals surface area contributed by atoms with Gasteiger partial charge in [0.05, 0.1) is 11.4 Å². The summed E-state index contributed by atoms with van der Waals surface area (Å²) in [7, 11) is 0. The lowest BCUT2D eigenvalue weighted by Gasteiger charge is -2.30. The van der Waals surface area contributed by atoms with E-state index in [-0.39, 0.29) is 0 Å². The van der Waals surface area contributed by atoms with Crippen LogP contribution in [0.25, 0.3) is 0 Å². The Hall–Kier alpha value is -1.18. The second-order valence-corrected chi connectivity index (χ2v) is 4.49. The molecule has 1 aromatic rings. The van der Waals surface area contributed by atoms with E-state index in [1.54, 1.807) is 0 Å². The van der Waals surface area contributed by atoms with Crippen molar-refractivity contribution in [1.82, 2.24) is 0 Å². The van der Waals surface area contributed by atoms with Gasteiger partial charge >= 0.3 is 0 Å². The molecule has 0 aliphatic carbocycles. The lowest BCUT2D eigenvalue weighted by atomic mass is 10.1. The maximum absolute atomic E-state index is 3.52. The topological polar surface area (TPSA) is 15.3 Å². The quantitative estimate of drug-likeness (QED) is 0.832. The van der Waals surface area contributed by atoms with Crippen molar-refractivity contribution in [3.63, 3.8) is 0 Å². The van der Waals surface area contributed by atoms with Gasteiger partial charge in [0.15, 0.2) is 0 Å². The van der Waals surface area contributed by atoms with Crippen LogP contribution in [0, 0.1) is 0 Å². The summed E-state index contributed by atoms with van der Waals surface area (Å²) in [5.41, 5.74) is 2.68. The molecule has 0 spiro atoms. The normalized spacial score (nSPS) is 16.2. The number of benzene rings is 1. The molecule has 0 radical (unpaired) electrons. The van der Waals surface area contributed by atoms with Crippen LogP contribution in [0.4, 0.5) is 11.4 Å². The van der Waals surface area contributed by atoms with Crippen molar-refractivity contribution in [2.45, 2.75) is 32.6 Å². The Labute approximate surface area is 98.7 Å². The monoisotopic (exact) mass is 218 g/mol. The minimum Gasteiger partial charge on any atom is -0.383 e. The van der Waals surface area contributed by atoms with Gasteiger partial charge in [0, 0.05) is 19.6 Å². The van der Waals surface area contributed by atoms with E-state index in [2.05, 4.69) is 41.4 Å². The van der Waals surface area contributed by atoms with Crippen LogP contribution in [-0.2, 0) is 0 Å². The number of hydrogen-bond donors (Lipinski definition) is 1. The zero-order chi connectivity index (χ0) is 11.2. The Balaban J connectivity index is 2.11. The van der Waals surface area contributed by atoms with Crippen molar-refractivity contribution >= 4 is 11.4 Å². The first-order valence-electron chi connectivity index (χ1n) is 6.49. The molecule has 88 valence electrons. The molecule has 0 unspecified atom stereocenters. The molecule has 0 saturated carbocycles. The Morgan fingerprint density at radius 3 is 2.62 bits per heavy atom. The van der Waals surface area contributed by atoms with E-state index in [0.29, 0.717) is 0 Å². The van der Waals surface area contributed by atoms with E-state index in [0.717, 1.165) is 6.54 Å². The van der Waals surface area contributed by atoms with Crippen LogP contribution < -0.4 is 10.2 Å². The standard InChI is InChI=1S/C14H22N2/c1-2-10-15-13-8-4-5-9-14(13)16-11-6-3-7-12-16/h4-5,8-9,15H,2-3,6-7,10-12H2,1H3. The van der Waals surface area contributed by atoms with E-state index >= 15 is 0 Å². The van der Waals surface area contributed by atoms with Crippen molar-refractivity contribution < 1.29 is 0 Å². The molecule has 0 atom stereocenters. The fourth-order valence-electron chi connectivity index (χ4n) is 2.29. The van der Waals surface area contributed by atoms with Crippen LogP contribution in [0.2, 0.25) is 0 Å². The molecule has 1 fully saturated rings. The lowest BCUT2D eigenvalue weighted by Crippen LogP contribution is -2.30. The van der Waals surface area contributed by atoms with Crippen LogP contribution in [0.1, 0.15) is 32.6 Å². The first kappa shape index (κ1) is 11.3. The molecule has 1 aromatic carbocycles. The molecule has 2 nitrogen and oxygen atoms in total. The highest BCUT2D eigenvalue weighted by molar-refractivity contribution is 5.70. The largest absolute Gasteiger partial charge is 0.383 e. The molecule has 1 saturated heterocycles. The number of nitrogens with zero attached hydrogens (tertiary/aromatic N) is 1. The summed E-state index contributed by atoms with van der Waals surface area (Å²) in [5.74, 6) is 0. The number of hydrogen-bond acceptors (Lipinski definition) is 2. The molecule has 0 amide bonds. The highest BCUT2D eigenvalue weighted by Gasteiger charge is 2.13. The third-order valence-corrected chi connectivity index (χ3v) is 3.17. The predicted octanol–water partition coefficient (Wildman–Crippen LogP) is 3.50. The third kappa shape index (κ3) is 2.69. The van der Waals surface area contributed by atoms with E-state index in [1.807, 2.05) is 0 Å². The molecule has 1 heterocycles. The minimum absolute atomic E-state index is 1.06. The van der Waals surface area contributed by atoms with Gasteiger partial charge in [-0.05, 0) is 37.8 Å². The highest BCUT2D eigenvalue weighted by atomic mass is 15.1. The fraction of sp³-hybridized carbons (Fsp3) is 0.571. The molecule has 1 aliphatic heterocycles. The Morgan fingerprint density at radius 2 is 1.88 bits per heavy atom. The average Bonchev–Trinajstić information content (AvgIpc) is 2.38. The SMILES string of the molecule is CCCNc1ccccc1N1CCCCC1. The summed E-state index contributed by atoms with van der Waals surface area (Å²) in [5, 5.41) is 3.52. The Morgan fingerprint density at radius 1 is 1.12 bits per heavy atom.